The van der Waals surface area contributed by atoms with E-state index in [1.807, 2.05) is 0 Å². The lowest BCUT2D eigenvalue weighted by atomic mass is 10.0. The molecule has 0 spiro atoms. The Morgan fingerprint density at radius 2 is 2.19 bits per heavy atom. The molecule has 0 saturated carbocycles. The molecule has 1 aliphatic heterocycles. The molecule has 1 rings (SSSR count). The molecule has 4 nitrogen and oxygen atoms in total. The van der Waals surface area contributed by atoms with Gasteiger partial charge in [0.15, 0.2) is 0 Å². The van der Waals surface area contributed by atoms with Crippen molar-refractivity contribution in [3.8, 4) is 0 Å². The van der Waals surface area contributed by atoms with Crippen molar-refractivity contribution in [3.05, 3.63) is 0 Å². The van der Waals surface area contributed by atoms with Gasteiger partial charge in [-0.25, -0.2) is 0 Å². The fourth-order valence-corrected chi connectivity index (χ4v) is 1.71. The molecule has 0 aromatic carbocycles. The Kier molecular flexibility index (Phi) is 5.77. The zero-order chi connectivity index (χ0) is 12.0. The number of carbonyl (C=O) groups is 1. The third-order valence-corrected chi connectivity index (χ3v) is 2.97. The van der Waals surface area contributed by atoms with Gasteiger partial charge in [-0.1, -0.05) is 13.8 Å². The number of carbonyl (C=O) groups excluding carboxylic acids is 1. The molecule has 0 aromatic heterocycles. The SMILES string of the molecule is COC(=O)C1CCN1CCOCCC(C)C. The number of esters is 1. The van der Waals surface area contributed by atoms with Crippen molar-refractivity contribution in [2.24, 2.45) is 5.92 Å². The summed E-state index contributed by atoms with van der Waals surface area (Å²) in [4.78, 5) is 13.4. The highest BCUT2D eigenvalue weighted by Gasteiger charge is 2.34. The quantitative estimate of drug-likeness (QED) is 0.487. The lowest BCUT2D eigenvalue weighted by molar-refractivity contribution is -0.152. The molecule has 1 atom stereocenters. The minimum Gasteiger partial charge on any atom is -0.468 e. The Bertz CT molecular complexity index is 218. The highest BCUT2D eigenvalue weighted by Crippen LogP contribution is 2.17. The molecule has 0 bridgehead atoms. The van der Waals surface area contributed by atoms with Crippen LogP contribution in [0.3, 0.4) is 0 Å². The van der Waals surface area contributed by atoms with Crippen LogP contribution in [0.4, 0.5) is 0 Å². The zero-order valence-corrected chi connectivity index (χ0v) is 10.6. The molecule has 94 valence electrons. The van der Waals surface area contributed by atoms with Crippen molar-refractivity contribution in [1.82, 2.24) is 4.90 Å². The fraction of sp³-hybridized carbons (Fsp3) is 0.917. The van der Waals surface area contributed by atoms with Gasteiger partial charge in [0, 0.05) is 19.7 Å². The van der Waals surface area contributed by atoms with E-state index in [1.54, 1.807) is 0 Å². The van der Waals surface area contributed by atoms with E-state index in [4.69, 9.17) is 9.47 Å². The molecule has 0 aliphatic carbocycles. The van der Waals surface area contributed by atoms with E-state index < -0.39 is 0 Å². The number of methoxy groups -OCH3 is 1. The first kappa shape index (κ1) is 13.5. The predicted octanol–water partition coefficient (Wildman–Crippen LogP) is 1.30. The van der Waals surface area contributed by atoms with Gasteiger partial charge in [0.1, 0.15) is 6.04 Å². The van der Waals surface area contributed by atoms with Crippen molar-refractivity contribution in [3.63, 3.8) is 0 Å². The third-order valence-electron chi connectivity index (χ3n) is 2.97. The normalized spacial score (nSPS) is 20.9. The summed E-state index contributed by atoms with van der Waals surface area (Å²) in [6.45, 7) is 7.71. The van der Waals surface area contributed by atoms with E-state index >= 15 is 0 Å². The van der Waals surface area contributed by atoms with Crippen LogP contribution in [0.15, 0.2) is 0 Å². The number of likely N-dealkylation sites (tertiary alicyclic amines) is 1. The molecular weight excluding hydrogens is 206 g/mol. The molecular formula is C12H23NO3. The second kappa shape index (κ2) is 6.86. The minimum absolute atomic E-state index is 0.0290. The molecule has 1 unspecified atom stereocenters. The van der Waals surface area contributed by atoms with Crippen LogP contribution < -0.4 is 0 Å². The van der Waals surface area contributed by atoms with E-state index in [0.717, 1.165) is 32.5 Å². The number of hydrogen-bond donors (Lipinski definition) is 0. The first-order chi connectivity index (χ1) is 7.65. The topological polar surface area (TPSA) is 38.8 Å². The molecule has 1 aliphatic rings. The molecule has 1 saturated heterocycles. The van der Waals surface area contributed by atoms with Crippen LogP contribution in [0.5, 0.6) is 0 Å². The van der Waals surface area contributed by atoms with Crippen molar-refractivity contribution in [2.75, 3.05) is 33.4 Å². The van der Waals surface area contributed by atoms with Gasteiger partial charge in [-0.2, -0.15) is 0 Å². The Labute approximate surface area is 97.9 Å². The summed E-state index contributed by atoms with van der Waals surface area (Å²) in [5, 5.41) is 0. The average molecular weight is 229 g/mol. The summed E-state index contributed by atoms with van der Waals surface area (Å²) in [5.74, 6) is 0.570. The largest absolute Gasteiger partial charge is 0.468 e. The van der Waals surface area contributed by atoms with Crippen molar-refractivity contribution in [2.45, 2.75) is 32.7 Å². The maximum Gasteiger partial charge on any atom is 0.323 e. The van der Waals surface area contributed by atoms with Gasteiger partial charge in [-0.15, -0.1) is 0 Å². The molecule has 1 fully saturated rings. The van der Waals surface area contributed by atoms with E-state index in [-0.39, 0.29) is 12.0 Å². The molecule has 0 amide bonds. The Morgan fingerprint density at radius 1 is 1.44 bits per heavy atom. The number of hydrogen-bond acceptors (Lipinski definition) is 4. The van der Waals surface area contributed by atoms with Crippen LogP contribution in [0.2, 0.25) is 0 Å². The molecule has 0 aromatic rings. The van der Waals surface area contributed by atoms with Crippen LogP contribution in [0, 0.1) is 5.92 Å². The minimum atomic E-state index is -0.117. The van der Waals surface area contributed by atoms with Gasteiger partial charge in [0.25, 0.3) is 0 Å². The monoisotopic (exact) mass is 229 g/mol. The van der Waals surface area contributed by atoms with E-state index in [0.29, 0.717) is 12.5 Å². The van der Waals surface area contributed by atoms with Crippen LogP contribution in [0.25, 0.3) is 0 Å². The lowest BCUT2D eigenvalue weighted by Crippen LogP contribution is -2.53. The maximum atomic E-state index is 11.3. The van der Waals surface area contributed by atoms with Crippen LogP contribution in [-0.4, -0.2) is 50.3 Å². The van der Waals surface area contributed by atoms with Gasteiger partial charge < -0.3 is 9.47 Å². The van der Waals surface area contributed by atoms with E-state index in [9.17, 15) is 4.79 Å². The standard InChI is InChI=1S/C12H23NO3/c1-10(2)5-8-16-9-7-13-6-4-11(13)12(14)15-3/h10-11H,4-9H2,1-3H3. The molecule has 1 heterocycles. The summed E-state index contributed by atoms with van der Waals surface area (Å²) >= 11 is 0. The summed E-state index contributed by atoms with van der Waals surface area (Å²) in [6.07, 6.45) is 2.01. The first-order valence-corrected chi connectivity index (χ1v) is 6.04. The van der Waals surface area contributed by atoms with E-state index in [2.05, 4.69) is 18.7 Å². The third kappa shape index (κ3) is 4.10. The van der Waals surface area contributed by atoms with Crippen molar-refractivity contribution >= 4 is 5.97 Å². The molecule has 0 N–H and O–H groups in total. The van der Waals surface area contributed by atoms with Gasteiger partial charge >= 0.3 is 5.97 Å². The molecule has 16 heavy (non-hydrogen) atoms. The first-order valence-electron chi connectivity index (χ1n) is 6.04. The molecule has 0 radical (unpaired) electrons. The summed E-state index contributed by atoms with van der Waals surface area (Å²) < 4.78 is 10.2. The van der Waals surface area contributed by atoms with Crippen molar-refractivity contribution < 1.29 is 14.3 Å². The average Bonchev–Trinajstić information content (AvgIpc) is 2.20. The summed E-state index contributed by atoms with van der Waals surface area (Å²) in [7, 11) is 1.44. The number of rotatable bonds is 7. The van der Waals surface area contributed by atoms with Crippen LogP contribution in [0.1, 0.15) is 26.7 Å². The van der Waals surface area contributed by atoms with Gasteiger partial charge in [0.05, 0.1) is 13.7 Å². The smallest absolute Gasteiger partial charge is 0.323 e. The zero-order valence-electron chi connectivity index (χ0n) is 10.6. The second-order valence-corrected chi connectivity index (χ2v) is 4.66. The van der Waals surface area contributed by atoms with Crippen LogP contribution >= 0.6 is 0 Å². The van der Waals surface area contributed by atoms with Crippen molar-refractivity contribution in [1.29, 1.82) is 0 Å². The van der Waals surface area contributed by atoms with Crippen LogP contribution in [-0.2, 0) is 14.3 Å². The second-order valence-electron chi connectivity index (χ2n) is 4.66. The Morgan fingerprint density at radius 3 is 2.69 bits per heavy atom. The highest BCUT2D eigenvalue weighted by atomic mass is 16.5. The Balaban J connectivity index is 2.03. The molecule has 4 heteroatoms. The summed E-state index contributed by atoms with van der Waals surface area (Å²) in [6, 6.07) is -0.0290. The van der Waals surface area contributed by atoms with E-state index in [1.165, 1.54) is 7.11 Å². The maximum absolute atomic E-state index is 11.3. The predicted molar refractivity (Wildman–Crippen MR) is 62.3 cm³/mol. The van der Waals surface area contributed by atoms with Gasteiger partial charge in [0.2, 0.25) is 0 Å². The van der Waals surface area contributed by atoms with Gasteiger partial charge in [-0.05, 0) is 18.8 Å². The fourth-order valence-electron chi connectivity index (χ4n) is 1.71. The number of ether oxygens (including phenoxy) is 2. The van der Waals surface area contributed by atoms with Gasteiger partial charge in [-0.3, -0.25) is 9.69 Å². The number of nitrogens with zero attached hydrogens (tertiary/aromatic N) is 1. The highest BCUT2D eigenvalue weighted by molar-refractivity contribution is 5.76. The summed E-state index contributed by atoms with van der Waals surface area (Å²) in [5.41, 5.74) is 0. The Hall–Kier alpha value is -0.610. The lowest BCUT2D eigenvalue weighted by Gasteiger charge is -2.38.